The largest absolute Gasteiger partial charge is 0.363 e. The van der Waals surface area contributed by atoms with Gasteiger partial charge in [-0.3, -0.25) is 25.2 Å². The third-order valence-electron chi connectivity index (χ3n) is 4.62. The van der Waals surface area contributed by atoms with Crippen LogP contribution in [0.2, 0.25) is 0 Å². The highest BCUT2D eigenvalue weighted by atomic mass is 79.9. The van der Waals surface area contributed by atoms with Gasteiger partial charge in [-0.2, -0.15) is 0 Å². The molecule has 176 valence electrons. The van der Waals surface area contributed by atoms with Crippen molar-refractivity contribution in [2.75, 3.05) is 11.9 Å². The Morgan fingerprint density at radius 2 is 2.18 bits per heavy atom. The molecule has 0 saturated carbocycles. The topological polar surface area (TPSA) is 171 Å². The van der Waals surface area contributed by atoms with E-state index < -0.39 is 0 Å². The van der Waals surface area contributed by atoms with E-state index in [9.17, 15) is 10.0 Å². The van der Waals surface area contributed by atoms with E-state index in [2.05, 4.69) is 57.2 Å². The van der Waals surface area contributed by atoms with E-state index in [0.29, 0.717) is 36.8 Å². The van der Waals surface area contributed by atoms with Crippen LogP contribution in [-0.4, -0.2) is 53.8 Å². The predicted octanol–water partition coefficient (Wildman–Crippen LogP) is 1.72. The van der Waals surface area contributed by atoms with E-state index in [-0.39, 0.29) is 24.0 Å². The van der Waals surface area contributed by atoms with Crippen molar-refractivity contribution in [2.24, 2.45) is 4.99 Å². The molecule has 5 N–H and O–H groups in total. The molecule has 0 bridgehead atoms. The van der Waals surface area contributed by atoms with Crippen molar-refractivity contribution in [3.05, 3.63) is 75.9 Å². The molecule has 0 radical (unpaired) electrons. The molecule has 3 aromatic heterocycles. The lowest BCUT2D eigenvalue weighted by Crippen LogP contribution is -2.23. The van der Waals surface area contributed by atoms with Crippen molar-refractivity contribution in [2.45, 2.75) is 19.6 Å². The third kappa shape index (κ3) is 6.05. The van der Waals surface area contributed by atoms with Crippen molar-refractivity contribution in [1.82, 2.24) is 41.1 Å². The Bertz CT molecular complexity index is 1250. The molecule has 0 aliphatic heterocycles. The zero-order valence-corrected chi connectivity index (χ0v) is 19.4. The minimum atomic E-state index is -0.220. The van der Waals surface area contributed by atoms with E-state index in [4.69, 9.17) is 4.63 Å². The zero-order valence-electron chi connectivity index (χ0n) is 17.8. The van der Waals surface area contributed by atoms with Gasteiger partial charge in [-0.1, -0.05) is 33.3 Å². The first-order chi connectivity index (χ1) is 16.6. The van der Waals surface area contributed by atoms with Crippen LogP contribution in [-0.2, 0) is 19.6 Å². The fourth-order valence-corrected chi connectivity index (χ4v) is 3.43. The lowest BCUT2D eigenvalue weighted by Gasteiger charge is -2.06. The number of amidine groups is 1. The Labute approximate surface area is 201 Å². The van der Waals surface area contributed by atoms with Gasteiger partial charge < -0.3 is 15.6 Å². The molecule has 13 nitrogen and oxygen atoms in total. The van der Waals surface area contributed by atoms with E-state index in [1.54, 1.807) is 29.2 Å². The van der Waals surface area contributed by atoms with E-state index in [1.165, 1.54) is 0 Å². The monoisotopic (exact) mass is 528 g/mol. The molecular weight excluding hydrogens is 508 g/mol. The average molecular weight is 529 g/mol. The molecule has 0 aliphatic rings. The van der Waals surface area contributed by atoms with E-state index in [0.717, 1.165) is 10.0 Å². The lowest BCUT2D eigenvalue weighted by atomic mass is 10.2. The molecular formula is C20H21BrN10O3. The molecule has 0 saturated heterocycles. The Morgan fingerprint density at radius 1 is 1.26 bits per heavy atom. The average Bonchev–Trinajstić information content (AvgIpc) is 3.61. The first-order valence-electron chi connectivity index (χ1n) is 10.2. The number of aromatic amines is 1. The maximum atomic E-state index is 12.0. The van der Waals surface area contributed by atoms with E-state index >= 15 is 0 Å². The van der Waals surface area contributed by atoms with Crippen molar-refractivity contribution in [3.63, 3.8) is 0 Å². The molecule has 14 heteroatoms. The SMILES string of the molecule is O=C(NCc1cn(CCNc2nonc2C(=NCc2cccc(Br)c2)NO)nn1)c1ccc[nH]1. The minimum Gasteiger partial charge on any atom is -0.363 e. The second kappa shape index (κ2) is 11.2. The standard InChI is InChI=1S/C20H21BrN10O3/c21-14-4-1-3-13(9-14)10-24-18(27-33)17-19(29-34-28-17)23-7-8-31-12-15(26-30-31)11-25-20(32)16-5-2-6-22-16/h1-6,9,12,22,33H,7-8,10-11H2,(H,23,29)(H,24,27)(H,25,32). The highest BCUT2D eigenvalue weighted by molar-refractivity contribution is 9.10. The number of carbonyl (C=O) groups is 1. The molecule has 0 fully saturated rings. The van der Waals surface area contributed by atoms with Gasteiger partial charge in [0.15, 0.2) is 11.5 Å². The first-order valence-corrected chi connectivity index (χ1v) is 11.0. The molecule has 0 atom stereocenters. The van der Waals surface area contributed by atoms with Crippen LogP contribution in [0.5, 0.6) is 0 Å². The number of benzene rings is 1. The molecule has 4 rings (SSSR count). The zero-order chi connectivity index (χ0) is 23.8. The molecule has 1 aromatic carbocycles. The van der Waals surface area contributed by atoms with Crippen LogP contribution in [0.1, 0.15) is 27.4 Å². The van der Waals surface area contributed by atoms with E-state index in [1.807, 2.05) is 29.7 Å². The molecule has 4 aromatic rings. The van der Waals surface area contributed by atoms with Crippen LogP contribution < -0.4 is 16.1 Å². The molecule has 1 amide bonds. The summed E-state index contributed by atoms with van der Waals surface area (Å²) in [6.07, 6.45) is 3.42. The van der Waals surface area contributed by atoms with Gasteiger partial charge in [-0.05, 0) is 40.1 Å². The van der Waals surface area contributed by atoms with Crippen LogP contribution in [0, 0.1) is 0 Å². The number of aliphatic imine (C=N–C) groups is 1. The molecule has 0 unspecified atom stereocenters. The Hall–Kier alpha value is -4.04. The lowest BCUT2D eigenvalue weighted by molar-refractivity contribution is 0.0946. The number of nitrogens with one attached hydrogen (secondary N) is 4. The number of carbonyl (C=O) groups excluding carboxylic acids is 1. The minimum absolute atomic E-state index is 0.115. The highest BCUT2D eigenvalue weighted by Crippen LogP contribution is 2.14. The number of rotatable bonds is 10. The maximum Gasteiger partial charge on any atom is 0.268 e. The van der Waals surface area contributed by atoms with Gasteiger partial charge in [0, 0.05) is 17.2 Å². The Balaban J connectivity index is 1.29. The second-order valence-electron chi connectivity index (χ2n) is 7.03. The number of anilines is 1. The summed E-state index contributed by atoms with van der Waals surface area (Å²) in [5, 5.41) is 31.1. The third-order valence-corrected chi connectivity index (χ3v) is 5.11. The highest BCUT2D eigenvalue weighted by Gasteiger charge is 2.16. The molecule has 3 heterocycles. The number of halogens is 1. The smallest absolute Gasteiger partial charge is 0.268 e. The number of aromatic nitrogens is 6. The quantitative estimate of drug-likeness (QED) is 0.117. The number of hydrogen-bond acceptors (Lipinski definition) is 9. The van der Waals surface area contributed by atoms with Crippen LogP contribution in [0.15, 0.2) is 62.9 Å². The van der Waals surface area contributed by atoms with Crippen LogP contribution >= 0.6 is 15.9 Å². The predicted molar refractivity (Wildman–Crippen MR) is 124 cm³/mol. The van der Waals surface area contributed by atoms with Gasteiger partial charge in [-0.25, -0.2) is 4.63 Å². The summed E-state index contributed by atoms with van der Waals surface area (Å²) < 4.78 is 7.37. The van der Waals surface area contributed by atoms with Gasteiger partial charge >= 0.3 is 0 Å². The number of amides is 1. The summed E-state index contributed by atoms with van der Waals surface area (Å²) in [4.78, 5) is 19.2. The van der Waals surface area contributed by atoms with Crippen LogP contribution in [0.3, 0.4) is 0 Å². The fourth-order valence-electron chi connectivity index (χ4n) is 2.98. The second-order valence-corrected chi connectivity index (χ2v) is 7.95. The summed E-state index contributed by atoms with van der Waals surface area (Å²) >= 11 is 3.42. The van der Waals surface area contributed by atoms with Gasteiger partial charge in [0.05, 0.1) is 25.8 Å². The molecule has 0 spiro atoms. The van der Waals surface area contributed by atoms with Crippen molar-refractivity contribution < 1.29 is 14.6 Å². The molecule has 34 heavy (non-hydrogen) atoms. The van der Waals surface area contributed by atoms with Crippen molar-refractivity contribution in [3.8, 4) is 0 Å². The summed E-state index contributed by atoms with van der Waals surface area (Å²) in [6.45, 7) is 1.45. The normalized spacial score (nSPS) is 11.4. The maximum absolute atomic E-state index is 12.0. The summed E-state index contributed by atoms with van der Waals surface area (Å²) in [5.41, 5.74) is 4.33. The Morgan fingerprint density at radius 3 is 2.97 bits per heavy atom. The molecule has 0 aliphatic carbocycles. The van der Waals surface area contributed by atoms with Gasteiger partial charge in [-0.15, -0.1) is 5.10 Å². The van der Waals surface area contributed by atoms with Gasteiger partial charge in [0.2, 0.25) is 5.82 Å². The number of hydrogen-bond donors (Lipinski definition) is 5. The van der Waals surface area contributed by atoms with Crippen molar-refractivity contribution in [1.29, 1.82) is 0 Å². The number of H-pyrrole nitrogens is 1. The van der Waals surface area contributed by atoms with Crippen molar-refractivity contribution >= 4 is 33.5 Å². The number of nitrogens with zero attached hydrogens (tertiary/aromatic N) is 6. The summed E-state index contributed by atoms with van der Waals surface area (Å²) in [5.74, 6) is 0.208. The van der Waals surface area contributed by atoms with Crippen LogP contribution in [0.25, 0.3) is 0 Å². The fraction of sp³-hybridized carbons (Fsp3) is 0.200. The Kier molecular flexibility index (Phi) is 7.62. The first kappa shape index (κ1) is 23.1. The summed E-state index contributed by atoms with van der Waals surface area (Å²) in [7, 11) is 0. The van der Waals surface area contributed by atoms with Gasteiger partial charge in [0.25, 0.3) is 5.91 Å². The van der Waals surface area contributed by atoms with Gasteiger partial charge in [0.1, 0.15) is 11.4 Å². The van der Waals surface area contributed by atoms with Crippen LogP contribution in [0.4, 0.5) is 5.82 Å². The number of hydroxylamine groups is 1. The summed E-state index contributed by atoms with van der Waals surface area (Å²) in [6, 6.07) is 11.1.